The maximum absolute atomic E-state index is 11.4. The molecule has 2 aliphatic carbocycles. The van der Waals surface area contributed by atoms with Crippen molar-refractivity contribution in [2.75, 3.05) is 0 Å². The van der Waals surface area contributed by atoms with Gasteiger partial charge in [-0.3, -0.25) is 0 Å². The Balaban J connectivity index is 1.39. The number of aromatic nitrogens is 2. The minimum absolute atomic E-state index is 0.343. The molecule has 1 N–H and O–H groups in total. The zero-order valence-electron chi connectivity index (χ0n) is 16.0. The second-order valence-corrected chi connectivity index (χ2v) is 8.55. The van der Waals surface area contributed by atoms with Crippen LogP contribution in [-0.4, -0.2) is 14.5 Å². The van der Waals surface area contributed by atoms with E-state index in [0.717, 1.165) is 24.1 Å². The van der Waals surface area contributed by atoms with Crippen molar-refractivity contribution in [3.05, 3.63) is 71.3 Å². The van der Waals surface area contributed by atoms with Gasteiger partial charge in [0.15, 0.2) is 0 Å². The van der Waals surface area contributed by atoms with E-state index >= 15 is 0 Å². The van der Waals surface area contributed by atoms with Crippen LogP contribution in [0.2, 0.25) is 0 Å². The van der Waals surface area contributed by atoms with Crippen molar-refractivity contribution in [3.8, 4) is 0 Å². The highest BCUT2D eigenvalue weighted by atomic mass is 16.3. The van der Waals surface area contributed by atoms with Crippen LogP contribution >= 0.6 is 0 Å². The Labute approximate surface area is 161 Å². The molecule has 2 aliphatic rings. The van der Waals surface area contributed by atoms with Crippen LogP contribution < -0.4 is 0 Å². The number of hydrogen-bond donors (Lipinski definition) is 1. The number of hydrogen-bond acceptors (Lipinski definition) is 2. The summed E-state index contributed by atoms with van der Waals surface area (Å²) in [7, 11) is 0. The van der Waals surface area contributed by atoms with Crippen molar-refractivity contribution < 1.29 is 5.11 Å². The smallest absolute Gasteiger partial charge is 0.0995 e. The number of nitrogens with zero attached hydrogens (tertiary/aromatic N) is 2. The van der Waals surface area contributed by atoms with Gasteiger partial charge >= 0.3 is 0 Å². The molecular formula is C24H28N2O. The van der Waals surface area contributed by atoms with Gasteiger partial charge in [-0.1, -0.05) is 30.3 Å². The zero-order chi connectivity index (χ0) is 18.4. The summed E-state index contributed by atoms with van der Waals surface area (Å²) in [6, 6.07) is 13.2. The third-order valence-electron chi connectivity index (χ3n) is 6.80. The van der Waals surface area contributed by atoms with Crippen molar-refractivity contribution in [1.82, 2.24) is 9.38 Å². The second-order valence-electron chi connectivity index (χ2n) is 8.55. The first-order chi connectivity index (χ1) is 13.2. The van der Waals surface area contributed by atoms with Crippen LogP contribution in [0.1, 0.15) is 78.8 Å². The number of aliphatic hydroxyl groups is 1. The summed E-state index contributed by atoms with van der Waals surface area (Å²) in [5, 5.41) is 11.4. The van der Waals surface area contributed by atoms with Crippen molar-refractivity contribution in [3.63, 3.8) is 0 Å². The van der Waals surface area contributed by atoms with E-state index in [2.05, 4.69) is 52.7 Å². The zero-order valence-corrected chi connectivity index (χ0v) is 16.0. The SMILES string of the molecule is Cc1ccccc1C1CCC(C(O)c2c(C3CC3)ccc3cncn23)CC1. The van der Waals surface area contributed by atoms with Gasteiger partial charge in [0.05, 0.1) is 29.8 Å². The van der Waals surface area contributed by atoms with Gasteiger partial charge in [0.2, 0.25) is 0 Å². The average molecular weight is 361 g/mol. The summed E-state index contributed by atoms with van der Waals surface area (Å²) in [4.78, 5) is 4.32. The fourth-order valence-electron chi connectivity index (χ4n) is 5.10. The van der Waals surface area contributed by atoms with Crippen LogP contribution in [0.3, 0.4) is 0 Å². The van der Waals surface area contributed by atoms with Gasteiger partial charge in [-0.15, -0.1) is 0 Å². The molecule has 2 heterocycles. The van der Waals surface area contributed by atoms with Gasteiger partial charge < -0.3 is 9.51 Å². The van der Waals surface area contributed by atoms with Gasteiger partial charge in [-0.25, -0.2) is 4.98 Å². The molecule has 0 spiro atoms. The molecule has 2 saturated carbocycles. The van der Waals surface area contributed by atoms with Crippen LogP contribution in [0.5, 0.6) is 0 Å². The Hall–Kier alpha value is -2.13. The number of aryl methyl sites for hydroxylation is 1. The van der Waals surface area contributed by atoms with Gasteiger partial charge in [-0.05, 0) is 86.0 Å². The highest BCUT2D eigenvalue weighted by molar-refractivity contribution is 5.50. The van der Waals surface area contributed by atoms with Crippen LogP contribution in [0.4, 0.5) is 0 Å². The molecule has 2 fully saturated rings. The molecule has 1 unspecified atom stereocenters. The summed E-state index contributed by atoms with van der Waals surface area (Å²) in [6.07, 6.45) is 10.4. The molecule has 3 aromatic rings. The molecule has 27 heavy (non-hydrogen) atoms. The van der Waals surface area contributed by atoms with E-state index in [9.17, 15) is 5.11 Å². The molecule has 5 rings (SSSR count). The Morgan fingerprint density at radius 3 is 2.37 bits per heavy atom. The van der Waals surface area contributed by atoms with E-state index in [1.54, 1.807) is 0 Å². The maximum Gasteiger partial charge on any atom is 0.0995 e. The molecule has 0 saturated heterocycles. The van der Waals surface area contributed by atoms with E-state index in [1.807, 2.05) is 12.5 Å². The number of imidazole rings is 1. The molecule has 0 radical (unpaired) electrons. The fraction of sp³-hybridized carbons (Fsp3) is 0.458. The van der Waals surface area contributed by atoms with E-state index in [-0.39, 0.29) is 0 Å². The number of fused-ring (bicyclic) bond motifs is 1. The Bertz CT molecular complexity index is 948. The largest absolute Gasteiger partial charge is 0.387 e. The van der Waals surface area contributed by atoms with Gasteiger partial charge in [0.25, 0.3) is 0 Å². The van der Waals surface area contributed by atoms with Crippen molar-refractivity contribution in [2.45, 2.75) is 63.4 Å². The first-order valence-corrected chi connectivity index (χ1v) is 10.4. The number of benzene rings is 1. The molecule has 2 aromatic heterocycles. The molecule has 0 amide bonds. The normalized spacial score (nSPS) is 24.2. The van der Waals surface area contributed by atoms with E-state index in [1.165, 1.54) is 42.4 Å². The molecule has 1 aromatic carbocycles. The molecule has 0 bridgehead atoms. The second kappa shape index (κ2) is 6.79. The van der Waals surface area contributed by atoms with Crippen molar-refractivity contribution in [1.29, 1.82) is 0 Å². The van der Waals surface area contributed by atoms with Crippen molar-refractivity contribution >= 4 is 5.52 Å². The van der Waals surface area contributed by atoms with Gasteiger partial charge in [0.1, 0.15) is 0 Å². The summed E-state index contributed by atoms with van der Waals surface area (Å²) in [5.41, 5.74) is 6.43. The number of aliphatic hydroxyl groups excluding tert-OH is 1. The van der Waals surface area contributed by atoms with E-state index in [0.29, 0.717) is 17.8 Å². The number of pyridine rings is 1. The lowest BCUT2D eigenvalue weighted by atomic mass is 9.75. The summed E-state index contributed by atoms with van der Waals surface area (Å²) >= 11 is 0. The lowest BCUT2D eigenvalue weighted by Crippen LogP contribution is -2.22. The fourth-order valence-corrected chi connectivity index (χ4v) is 5.10. The third-order valence-corrected chi connectivity index (χ3v) is 6.80. The Morgan fingerprint density at radius 2 is 1.63 bits per heavy atom. The summed E-state index contributed by atoms with van der Waals surface area (Å²) < 4.78 is 2.13. The minimum Gasteiger partial charge on any atom is -0.387 e. The van der Waals surface area contributed by atoms with E-state index in [4.69, 9.17) is 0 Å². The third kappa shape index (κ3) is 3.08. The van der Waals surface area contributed by atoms with Crippen LogP contribution in [-0.2, 0) is 0 Å². The van der Waals surface area contributed by atoms with Crippen LogP contribution in [0, 0.1) is 12.8 Å². The molecular weight excluding hydrogens is 332 g/mol. The Morgan fingerprint density at radius 1 is 0.926 bits per heavy atom. The van der Waals surface area contributed by atoms with Crippen LogP contribution in [0.15, 0.2) is 48.9 Å². The molecule has 0 aliphatic heterocycles. The highest BCUT2D eigenvalue weighted by Crippen LogP contribution is 2.47. The predicted molar refractivity (Wildman–Crippen MR) is 108 cm³/mol. The average Bonchev–Trinajstić information content (AvgIpc) is 3.44. The quantitative estimate of drug-likeness (QED) is 0.664. The monoisotopic (exact) mass is 360 g/mol. The first kappa shape index (κ1) is 17.0. The highest BCUT2D eigenvalue weighted by Gasteiger charge is 2.34. The predicted octanol–water partition coefficient (Wildman–Crippen LogP) is 5.53. The standard InChI is InChI=1S/C24H28N2O/c1-16-4-2-3-5-21(16)17-8-10-19(11-9-17)24(27)23-22(18-6-7-18)13-12-20-14-25-15-26(20)23/h2-5,12-15,17-19,24,27H,6-11H2,1H3. The maximum atomic E-state index is 11.4. The minimum atomic E-state index is -0.392. The van der Waals surface area contributed by atoms with E-state index < -0.39 is 6.10 Å². The van der Waals surface area contributed by atoms with Gasteiger partial charge in [0, 0.05) is 0 Å². The van der Waals surface area contributed by atoms with Crippen molar-refractivity contribution in [2.24, 2.45) is 5.92 Å². The molecule has 140 valence electrons. The first-order valence-electron chi connectivity index (χ1n) is 10.4. The lowest BCUT2D eigenvalue weighted by molar-refractivity contribution is 0.0754. The molecule has 3 nitrogen and oxygen atoms in total. The molecule has 3 heteroatoms. The molecule has 1 atom stereocenters. The summed E-state index contributed by atoms with van der Waals surface area (Å²) in [6.45, 7) is 2.22. The van der Waals surface area contributed by atoms with Gasteiger partial charge in [-0.2, -0.15) is 0 Å². The lowest BCUT2D eigenvalue weighted by Gasteiger charge is -2.33. The number of rotatable bonds is 4. The Kier molecular flexibility index (Phi) is 4.28. The topological polar surface area (TPSA) is 37.5 Å². The summed E-state index contributed by atoms with van der Waals surface area (Å²) in [5.74, 6) is 1.61. The van der Waals surface area contributed by atoms with Crippen LogP contribution in [0.25, 0.3) is 5.52 Å².